The average Bonchev–Trinajstić information content (AvgIpc) is 2.88. The molecule has 2 aliphatic rings. The molecule has 8 heteroatoms. The number of benzene rings is 2. The topological polar surface area (TPSA) is 61.8 Å². The Morgan fingerprint density at radius 1 is 0.879 bits per heavy atom. The molecule has 0 aliphatic carbocycles. The molecule has 7 nitrogen and oxygen atoms in total. The highest BCUT2D eigenvalue weighted by molar-refractivity contribution is 8.00. The molecule has 0 spiro atoms. The first kappa shape index (κ1) is 22.1. The number of amides is 1. The lowest BCUT2D eigenvalue weighted by atomic mass is 10.2. The molecule has 33 heavy (non-hydrogen) atoms. The van der Waals surface area contributed by atoms with Crippen molar-refractivity contribution in [3.05, 3.63) is 60.4 Å². The maximum atomic E-state index is 13.0. The highest BCUT2D eigenvalue weighted by Crippen LogP contribution is 2.26. The van der Waals surface area contributed by atoms with E-state index in [2.05, 4.69) is 34.1 Å². The third-order valence-corrected chi connectivity index (χ3v) is 7.15. The van der Waals surface area contributed by atoms with Crippen LogP contribution in [0.5, 0.6) is 0 Å². The fourth-order valence-corrected chi connectivity index (χ4v) is 5.25. The van der Waals surface area contributed by atoms with Crippen molar-refractivity contribution >= 4 is 34.3 Å². The first-order valence-electron chi connectivity index (χ1n) is 11.5. The number of hydrogen-bond acceptors (Lipinski definition) is 7. The Morgan fingerprint density at radius 3 is 2.39 bits per heavy atom. The fraction of sp³-hybridized carbons (Fsp3) is 0.400. The predicted octanol–water partition coefficient (Wildman–Crippen LogP) is 2.90. The van der Waals surface area contributed by atoms with Gasteiger partial charge in [-0.3, -0.25) is 9.69 Å². The number of rotatable bonds is 6. The van der Waals surface area contributed by atoms with Crippen LogP contribution < -0.4 is 4.90 Å². The van der Waals surface area contributed by atoms with Crippen molar-refractivity contribution < 1.29 is 9.53 Å². The number of ether oxygens (including phenoxy) is 1. The summed E-state index contributed by atoms with van der Waals surface area (Å²) >= 11 is 1.53. The van der Waals surface area contributed by atoms with Crippen molar-refractivity contribution in [1.29, 1.82) is 0 Å². The molecule has 172 valence electrons. The number of morpholine rings is 1. The van der Waals surface area contributed by atoms with Crippen LogP contribution in [0.1, 0.15) is 5.82 Å². The lowest BCUT2D eigenvalue weighted by Gasteiger charge is -2.36. The molecule has 0 saturated carbocycles. The molecule has 1 amide bonds. The van der Waals surface area contributed by atoms with E-state index in [1.807, 2.05) is 35.2 Å². The first-order valence-corrected chi connectivity index (χ1v) is 12.5. The highest BCUT2D eigenvalue weighted by Gasteiger charge is 2.22. The summed E-state index contributed by atoms with van der Waals surface area (Å²) in [7, 11) is 0. The Balaban J connectivity index is 1.23. The smallest absolute Gasteiger partial charge is 0.233 e. The first-order chi connectivity index (χ1) is 16.3. The lowest BCUT2D eigenvalue weighted by molar-refractivity contribution is -0.128. The maximum Gasteiger partial charge on any atom is 0.233 e. The van der Waals surface area contributed by atoms with Gasteiger partial charge in [0.1, 0.15) is 10.9 Å². The number of thioether (sulfide) groups is 1. The summed E-state index contributed by atoms with van der Waals surface area (Å²) in [5.74, 6) is 1.37. The summed E-state index contributed by atoms with van der Waals surface area (Å²) in [6, 6.07) is 18.5. The zero-order valence-corrected chi connectivity index (χ0v) is 19.5. The number of carbonyl (C=O) groups excluding carboxylic acids is 1. The van der Waals surface area contributed by atoms with Crippen molar-refractivity contribution in [2.75, 3.05) is 63.1 Å². The van der Waals surface area contributed by atoms with E-state index in [0.29, 0.717) is 12.3 Å². The third-order valence-electron chi connectivity index (χ3n) is 6.17. The normalized spacial score (nSPS) is 17.5. The summed E-state index contributed by atoms with van der Waals surface area (Å²) in [5.41, 5.74) is 2.15. The molecular formula is C25H29N5O2S. The standard InChI is InChI=1S/C25H29N5O2S/c31-24(30-12-10-29(11-13-30)20-6-2-1-3-7-20)19-33-25-21-8-4-5-9-22(21)26-23(27-25)18-28-14-16-32-17-15-28/h1-9H,10-19H2. The highest BCUT2D eigenvalue weighted by atomic mass is 32.2. The van der Waals surface area contributed by atoms with Gasteiger partial charge in [0, 0.05) is 50.3 Å². The van der Waals surface area contributed by atoms with Crippen molar-refractivity contribution in [3.63, 3.8) is 0 Å². The minimum atomic E-state index is 0.171. The molecule has 2 aromatic carbocycles. The summed E-state index contributed by atoms with van der Waals surface area (Å²) in [4.78, 5) is 29.2. The molecule has 0 N–H and O–H groups in total. The van der Waals surface area contributed by atoms with Gasteiger partial charge in [0.2, 0.25) is 5.91 Å². The second kappa shape index (κ2) is 10.5. The van der Waals surface area contributed by atoms with E-state index in [-0.39, 0.29) is 5.91 Å². The van der Waals surface area contributed by atoms with Crippen LogP contribution in [0, 0.1) is 0 Å². The van der Waals surface area contributed by atoms with E-state index in [9.17, 15) is 4.79 Å². The number of carbonyl (C=O) groups is 1. The average molecular weight is 464 g/mol. The molecule has 0 bridgehead atoms. The van der Waals surface area contributed by atoms with Crippen molar-refractivity contribution in [1.82, 2.24) is 19.8 Å². The van der Waals surface area contributed by atoms with E-state index < -0.39 is 0 Å². The third kappa shape index (κ3) is 5.46. The maximum absolute atomic E-state index is 13.0. The summed E-state index contributed by atoms with van der Waals surface area (Å²) in [6.45, 7) is 7.22. The van der Waals surface area contributed by atoms with Crippen LogP contribution in [0.2, 0.25) is 0 Å². The number of hydrogen-bond donors (Lipinski definition) is 0. The Hall–Kier alpha value is -2.68. The SMILES string of the molecule is O=C(CSc1nc(CN2CCOCC2)nc2ccccc12)N1CCN(c2ccccc2)CC1. The number of piperazine rings is 1. The minimum absolute atomic E-state index is 0.171. The Labute approximate surface area is 198 Å². The largest absolute Gasteiger partial charge is 0.379 e. The second-order valence-corrected chi connectivity index (χ2v) is 9.31. The molecular weight excluding hydrogens is 434 g/mol. The lowest BCUT2D eigenvalue weighted by Crippen LogP contribution is -2.49. The van der Waals surface area contributed by atoms with Gasteiger partial charge in [-0.15, -0.1) is 0 Å². The van der Waals surface area contributed by atoms with E-state index in [1.165, 1.54) is 17.4 Å². The van der Waals surface area contributed by atoms with Crippen LogP contribution >= 0.6 is 11.8 Å². The van der Waals surface area contributed by atoms with E-state index >= 15 is 0 Å². The van der Waals surface area contributed by atoms with Crippen molar-refractivity contribution in [3.8, 4) is 0 Å². The van der Waals surface area contributed by atoms with Crippen molar-refractivity contribution in [2.45, 2.75) is 11.6 Å². The number of para-hydroxylation sites is 2. The quantitative estimate of drug-likeness (QED) is 0.411. The van der Waals surface area contributed by atoms with Crippen molar-refractivity contribution in [2.24, 2.45) is 0 Å². The van der Waals surface area contributed by atoms with Gasteiger partial charge in [-0.25, -0.2) is 9.97 Å². The van der Waals surface area contributed by atoms with Gasteiger partial charge < -0.3 is 14.5 Å². The number of fused-ring (bicyclic) bond motifs is 1. The Bertz CT molecular complexity index is 1080. The van der Waals surface area contributed by atoms with Crippen LogP contribution in [0.25, 0.3) is 10.9 Å². The molecule has 2 saturated heterocycles. The van der Waals surface area contributed by atoms with Crippen LogP contribution in [0.4, 0.5) is 5.69 Å². The number of anilines is 1. The molecule has 2 fully saturated rings. The van der Waals surface area contributed by atoms with Crippen LogP contribution in [0.3, 0.4) is 0 Å². The molecule has 2 aliphatic heterocycles. The summed E-state index contributed by atoms with van der Waals surface area (Å²) in [6.07, 6.45) is 0. The van der Waals surface area contributed by atoms with Gasteiger partial charge >= 0.3 is 0 Å². The minimum Gasteiger partial charge on any atom is -0.379 e. The fourth-order valence-electron chi connectivity index (χ4n) is 4.31. The van der Waals surface area contributed by atoms with Gasteiger partial charge in [-0.1, -0.05) is 48.2 Å². The van der Waals surface area contributed by atoms with Gasteiger partial charge in [-0.05, 0) is 18.2 Å². The van der Waals surface area contributed by atoms with E-state index in [1.54, 1.807) is 0 Å². The molecule has 5 rings (SSSR count). The zero-order valence-electron chi connectivity index (χ0n) is 18.7. The van der Waals surface area contributed by atoms with Crippen LogP contribution in [-0.2, 0) is 16.1 Å². The molecule has 1 aromatic heterocycles. The summed E-state index contributed by atoms with van der Waals surface area (Å²) in [5, 5.41) is 1.90. The molecule has 0 unspecified atom stereocenters. The van der Waals surface area contributed by atoms with E-state index in [0.717, 1.165) is 74.2 Å². The molecule has 0 radical (unpaired) electrons. The van der Waals surface area contributed by atoms with Gasteiger partial charge in [-0.2, -0.15) is 0 Å². The van der Waals surface area contributed by atoms with Gasteiger partial charge in [0.25, 0.3) is 0 Å². The molecule has 0 atom stereocenters. The van der Waals surface area contributed by atoms with Gasteiger partial charge in [0.05, 0.1) is 31.0 Å². The molecule has 3 aromatic rings. The zero-order chi connectivity index (χ0) is 22.5. The van der Waals surface area contributed by atoms with E-state index in [4.69, 9.17) is 14.7 Å². The van der Waals surface area contributed by atoms with Gasteiger partial charge in [0.15, 0.2) is 0 Å². The number of nitrogens with zero attached hydrogens (tertiary/aromatic N) is 5. The summed E-state index contributed by atoms with van der Waals surface area (Å²) < 4.78 is 5.45. The van der Waals surface area contributed by atoms with Crippen LogP contribution in [-0.4, -0.2) is 83.9 Å². The Morgan fingerprint density at radius 2 is 1.61 bits per heavy atom. The number of aromatic nitrogens is 2. The predicted molar refractivity (Wildman–Crippen MR) is 132 cm³/mol. The molecule has 3 heterocycles. The Kier molecular flexibility index (Phi) is 7.04. The monoisotopic (exact) mass is 463 g/mol. The second-order valence-electron chi connectivity index (χ2n) is 8.34. The van der Waals surface area contributed by atoms with Crippen LogP contribution in [0.15, 0.2) is 59.6 Å².